The number of rotatable bonds is 2. The Morgan fingerprint density at radius 1 is 1.14 bits per heavy atom. The van der Waals surface area contributed by atoms with Gasteiger partial charge in [-0.05, 0) is 11.6 Å². The Morgan fingerprint density at radius 3 is 2.71 bits per heavy atom. The Kier molecular flexibility index (Phi) is 2.45. The third-order valence-corrected chi connectivity index (χ3v) is 2.61. The minimum absolute atomic E-state index is 0.0592. The lowest BCUT2D eigenvalue weighted by molar-refractivity contribution is 0.614. The van der Waals surface area contributed by atoms with E-state index in [1.165, 1.54) is 0 Å². The maximum absolute atomic E-state index is 10.6. The molecule has 0 aliphatic carbocycles. The summed E-state index contributed by atoms with van der Waals surface area (Å²) in [5.41, 5.74) is 1.54. The number of pyridine rings is 1. The summed E-state index contributed by atoms with van der Waals surface area (Å²) < 4.78 is 21.2. The average molecular weight is 207 g/mol. The van der Waals surface area contributed by atoms with Crippen molar-refractivity contribution in [1.29, 1.82) is 0 Å². The third-order valence-electron chi connectivity index (χ3n) is 2.02. The lowest BCUT2D eigenvalue weighted by Gasteiger charge is -2.00. The normalized spacial score (nSPS) is 10.9. The highest BCUT2D eigenvalue weighted by Crippen LogP contribution is 2.16. The first-order chi connectivity index (χ1) is 6.77. The van der Waals surface area contributed by atoms with E-state index >= 15 is 0 Å². The second kappa shape index (κ2) is 3.75. The van der Waals surface area contributed by atoms with Crippen LogP contribution in [0.1, 0.15) is 5.56 Å². The van der Waals surface area contributed by atoms with E-state index in [1.807, 2.05) is 24.3 Å². The van der Waals surface area contributed by atoms with Crippen molar-refractivity contribution in [2.75, 3.05) is 0 Å². The van der Waals surface area contributed by atoms with E-state index < -0.39 is 10.7 Å². The van der Waals surface area contributed by atoms with Gasteiger partial charge in [-0.15, -0.1) is 0 Å². The minimum Gasteiger partial charge on any atom is -0.256 e. The third kappa shape index (κ3) is 1.75. The van der Waals surface area contributed by atoms with Crippen LogP contribution < -0.4 is 0 Å². The zero-order valence-corrected chi connectivity index (χ0v) is 8.28. The van der Waals surface area contributed by atoms with Crippen LogP contribution in [0, 0.1) is 0 Å². The van der Waals surface area contributed by atoms with E-state index in [2.05, 4.69) is 4.98 Å². The highest BCUT2D eigenvalue weighted by Gasteiger charge is 2.01. The molecule has 0 spiro atoms. The highest BCUT2D eigenvalue weighted by atomic mass is 32.2. The van der Waals surface area contributed by atoms with Crippen molar-refractivity contribution in [3.63, 3.8) is 0 Å². The highest BCUT2D eigenvalue weighted by molar-refractivity contribution is 7.71. The van der Waals surface area contributed by atoms with Crippen LogP contribution in [-0.2, 0) is 16.5 Å². The number of nitrogens with zero attached hydrogens (tertiary/aromatic N) is 1. The fourth-order valence-corrected chi connectivity index (χ4v) is 1.97. The van der Waals surface area contributed by atoms with Crippen LogP contribution in [-0.4, -0.2) is 13.4 Å². The first-order valence-corrected chi connectivity index (χ1v) is 5.58. The zero-order chi connectivity index (χ0) is 9.97. The standard InChI is InChI=1S/C10H9NO2S/c12-14(13)7-9-4-1-3-8-5-2-6-11-10(8)9/h1-6,14H,7H2. The smallest absolute Gasteiger partial charge is 0.144 e. The van der Waals surface area contributed by atoms with Crippen LogP contribution in [0.5, 0.6) is 0 Å². The van der Waals surface area contributed by atoms with Gasteiger partial charge in [-0.1, -0.05) is 24.3 Å². The summed E-state index contributed by atoms with van der Waals surface area (Å²) >= 11 is 0. The summed E-state index contributed by atoms with van der Waals surface area (Å²) in [6.45, 7) is 0. The Hall–Kier alpha value is -1.42. The van der Waals surface area contributed by atoms with Gasteiger partial charge >= 0.3 is 0 Å². The molecule has 1 aromatic carbocycles. The first-order valence-electron chi connectivity index (χ1n) is 4.22. The van der Waals surface area contributed by atoms with Gasteiger partial charge in [0.05, 0.1) is 11.3 Å². The van der Waals surface area contributed by atoms with E-state index in [-0.39, 0.29) is 5.75 Å². The van der Waals surface area contributed by atoms with Crippen LogP contribution in [0.15, 0.2) is 36.5 Å². The van der Waals surface area contributed by atoms with Crippen molar-refractivity contribution in [1.82, 2.24) is 4.98 Å². The number of benzene rings is 1. The molecule has 1 aromatic heterocycles. The molecule has 0 aliphatic heterocycles. The molecule has 2 aromatic rings. The van der Waals surface area contributed by atoms with E-state index in [0.29, 0.717) is 0 Å². The number of para-hydroxylation sites is 1. The van der Waals surface area contributed by atoms with Crippen molar-refractivity contribution in [2.45, 2.75) is 5.75 Å². The molecule has 1 heterocycles. The van der Waals surface area contributed by atoms with Crippen LogP contribution in [0.3, 0.4) is 0 Å². The van der Waals surface area contributed by atoms with Crippen molar-refractivity contribution in [2.24, 2.45) is 0 Å². The zero-order valence-electron chi connectivity index (χ0n) is 7.38. The van der Waals surface area contributed by atoms with Gasteiger partial charge < -0.3 is 0 Å². The molecule has 0 saturated carbocycles. The van der Waals surface area contributed by atoms with Crippen molar-refractivity contribution >= 4 is 21.6 Å². The summed E-state index contributed by atoms with van der Waals surface area (Å²) in [4.78, 5) is 4.17. The van der Waals surface area contributed by atoms with Crippen LogP contribution in [0.2, 0.25) is 0 Å². The predicted octanol–water partition coefficient (Wildman–Crippen LogP) is 1.35. The lowest BCUT2D eigenvalue weighted by Crippen LogP contribution is -1.90. The Balaban J connectivity index is 2.64. The van der Waals surface area contributed by atoms with Gasteiger partial charge in [-0.25, -0.2) is 8.42 Å². The number of aromatic nitrogens is 1. The van der Waals surface area contributed by atoms with E-state index in [0.717, 1.165) is 16.5 Å². The number of fused-ring (bicyclic) bond motifs is 1. The summed E-state index contributed by atoms with van der Waals surface area (Å²) in [5.74, 6) is 0.0592. The quantitative estimate of drug-likeness (QED) is 0.756. The van der Waals surface area contributed by atoms with Gasteiger partial charge in [0.15, 0.2) is 0 Å². The van der Waals surface area contributed by atoms with Gasteiger partial charge in [0.2, 0.25) is 0 Å². The van der Waals surface area contributed by atoms with Crippen molar-refractivity contribution in [3.8, 4) is 0 Å². The van der Waals surface area contributed by atoms with Crippen LogP contribution in [0.4, 0.5) is 0 Å². The van der Waals surface area contributed by atoms with E-state index in [4.69, 9.17) is 0 Å². The Morgan fingerprint density at radius 2 is 1.93 bits per heavy atom. The predicted molar refractivity (Wildman–Crippen MR) is 55.8 cm³/mol. The molecule has 0 bridgehead atoms. The lowest BCUT2D eigenvalue weighted by atomic mass is 10.1. The minimum atomic E-state index is -2.39. The number of thiol groups is 1. The van der Waals surface area contributed by atoms with Crippen molar-refractivity contribution < 1.29 is 8.42 Å². The average Bonchev–Trinajstić information content (AvgIpc) is 2.18. The second-order valence-electron chi connectivity index (χ2n) is 2.98. The monoisotopic (exact) mass is 207 g/mol. The summed E-state index contributed by atoms with van der Waals surface area (Å²) in [6, 6.07) is 9.31. The van der Waals surface area contributed by atoms with E-state index in [1.54, 1.807) is 12.3 Å². The van der Waals surface area contributed by atoms with Crippen molar-refractivity contribution in [3.05, 3.63) is 42.1 Å². The molecular formula is C10H9NO2S. The maximum atomic E-state index is 10.6. The molecular weight excluding hydrogens is 198 g/mol. The molecule has 3 nitrogen and oxygen atoms in total. The number of hydrogen-bond donors (Lipinski definition) is 1. The molecule has 0 aliphatic rings. The fraction of sp³-hybridized carbons (Fsp3) is 0.100. The second-order valence-corrected chi connectivity index (χ2v) is 3.96. The van der Waals surface area contributed by atoms with Gasteiger partial charge in [0, 0.05) is 11.6 Å². The van der Waals surface area contributed by atoms with Crippen LogP contribution >= 0.6 is 0 Å². The largest absolute Gasteiger partial charge is 0.256 e. The molecule has 0 amide bonds. The molecule has 4 heteroatoms. The molecule has 0 atom stereocenters. The van der Waals surface area contributed by atoms with Gasteiger partial charge in [-0.3, -0.25) is 4.98 Å². The molecule has 72 valence electrons. The van der Waals surface area contributed by atoms with Gasteiger partial charge in [0.25, 0.3) is 0 Å². The molecule has 0 unspecified atom stereocenters. The molecule has 2 rings (SSSR count). The number of hydrogen-bond acceptors (Lipinski definition) is 3. The Bertz CT molecular complexity index is 521. The van der Waals surface area contributed by atoms with Gasteiger partial charge in [-0.2, -0.15) is 0 Å². The van der Waals surface area contributed by atoms with E-state index in [9.17, 15) is 8.42 Å². The maximum Gasteiger partial charge on any atom is 0.144 e. The molecule has 14 heavy (non-hydrogen) atoms. The molecule has 0 N–H and O–H groups in total. The fourth-order valence-electron chi connectivity index (χ4n) is 1.43. The summed E-state index contributed by atoms with van der Waals surface area (Å²) in [7, 11) is -2.39. The SMILES string of the molecule is O=[SH](=O)Cc1cccc2cccnc12. The summed E-state index contributed by atoms with van der Waals surface area (Å²) in [6.07, 6.45) is 1.67. The topological polar surface area (TPSA) is 47.0 Å². The molecule has 0 fully saturated rings. The summed E-state index contributed by atoms with van der Waals surface area (Å²) in [5, 5.41) is 0.974. The Labute approximate surface area is 83.4 Å². The molecule has 0 radical (unpaired) electrons. The molecule has 0 saturated heterocycles. The van der Waals surface area contributed by atoms with Gasteiger partial charge in [0.1, 0.15) is 10.7 Å². The van der Waals surface area contributed by atoms with Crippen LogP contribution in [0.25, 0.3) is 10.9 Å². The first kappa shape index (κ1) is 9.15.